The molecular weight excluding hydrogens is 218 g/mol. The van der Waals surface area contributed by atoms with Gasteiger partial charge in [-0.15, -0.1) is 24.1 Å². The maximum Gasteiger partial charge on any atom is 0.221 e. The molecule has 0 aromatic heterocycles. The van der Waals surface area contributed by atoms with Gasteiger partial charge in [0.1, 0.15) is 0 Å². The molecule has 16 heavy (non-hydrogen) atoms. The molecule has 0 saturated carbocycles. The zero-order valence-electron chi connectivity index (χ0n) is 9.32. The molecule has 0 bridgehead atoms. The SMILES string of the molecule is C#CCCCSc1ccc(NC(C)=O)cc1. The number of carbonyl (C=O) groups excluding carboxylic acids is 1. The Bertz CT molecular complexity index is 378. The number of terminal acetylenes is 1. The first-order valence-electron chi connectivity index (χ1n) is 5.16. The Morgan fingerprint density at radius 1 is 1.44 bits per heavy atom. The second-order valence-electron chi connectivity index (χ2n) is 3.36. The second-order valence-corrected chi connectivity index (χ2v) is 4.53. The lowest BCUT2D eigenvalue weighted by Crippen LogP contribution is -2.05. The van der Waals surface area contributed by atoms with Crippen molar-refractivity contribution in [3.8, 4) is 12.3 Å². The van der Waals surface area contributed by atoms with Gasteiger partial charge in [-0.2, -0.15) is 0 Å². The van der Waals surface area contributed by atoms with Gasteiger partial charge in [0.25, 0.3) is 0 Å². The van der Waals surface area contributed by atoms with Crippen molar-refractivity contribution < 1.29 is 4.79 Å². The third kappa shape index (κ3) is 4.90. The normalized spacial score (nSPS) is 9.50. The number of rotatable bonds is 5. The molecule has 0 spiro atoms. The van der Waals surface area contributed by atoms with Crippen LogP contribution in [0.4, 0.5) is 5.69 Å². The van der Waals surface area contributed by atoms with E-state index in [9.17, 15) is 4.79 Å². The number of hydrogen-bond acceptors (Lipinski definition) is 2. The van der Waals surface area contributed by atoms with Crippen molar-refractivity contribution in [2.45, 2.75) is 24.7 Å². The Morgan fingerprint density at radius 3 is 2.69 bits per heavy atom. The van der Waals surface area contributed by atoms with Crippen LogP contribution in [-0.2, 0) is 4.79 Å². The molecule has 0 saturated heterocycles. The summed E-state index contributed by atoms with van der Waals surface area (Å²) in [4.78, 5) is 12.0. The monoisotopic (exact) mass is 233 g/mol. The summed E-state index contributed by atoms with van der Waals surface area (Å²) in [5.74, 6) is 3.61. The Balaban J connectivity index is 2.39. The van der Waals surface area contributed by atoms with Gasteiger partial charge in [-0.1, -0.05) is 0 Å². The Morgan fingerprint density at radius 2 is 2.12 bits per heavy atom. The van der Waals surface area contributed by atoms with Gasteiger partial charge < -0.3 is 5.32 Å². The number of amides is 1. The molecule has 1 aromatic rings. The smallest absolute Gasteiger partial charge is 0.221 e. The van der Waals surface area contributed by atoms with Crippen LogP contribution in [0.5, 0.6) is 0 Å². The van der Waals surface area contributed by atoms with E-state index in [4.69, 9.17) is 6.42 Å². The van der Waals surface area contributed by atoms with Gasteiger partial charge >= 0.3 is 0 Å². The summed E-state index contributed by atoms with van der Waals surface area (Å²) < 4.78 is 0. The molecule has 0 atom stereocenters. The minimum atomic E-state index is -0.0468. The highest BCUT2D eigenvalue weighted by Crippen LogP contribution is 2.21. The van der Waals surface area contributed by atoms with E-state index in [1.54, 1.807) is 11.8 Å². The molecule has 0 fully saturated rings. The molecule has 2 nitrogen and oxygen atoms in total. The second kappa shape index (κ2) is 6.97. The topological polar surface area (TPSA) is 29.1 Å². The van der Waals surface area contributed by atoms with Crippen LogP contribution in [0.15, 0.2) is 29.2 Å². The molecular formula is C13H15NOS. The molecule has 0 unspecified atom stereocenters. The van der Waals surface area contributed by atoms with Crippen molar-refractivity contribution in [1.29, 1.82) is 0 Å². The lowest BCUT2D eigenvalue weighted by atomic mass is 10.3. The van der Waals surface area contributed by atoms with E-state index in [1.165, 1.54) is 11.8 Å². The molecule has 1 rings (SSSR count). The van der Waals surface area contributed by atoms with Crippen molar-refractivity contribution in [3.05, 3.63) is 24.3 Å². The zero-order valence-corrected chi connectivity index (χ0v) is 10.1. The zero-order chi connectivity index (χ0) is 11.8. The molecule has 0 heterocycles. The van der Waals surface area contributed by atoms with Gasteiger partial charge in [-0.05, 0) is 36.4 Å². The lowest BCUT2D eigenvalue weighted by Gasteiger charge is -2.03. The molecule has 0 aliphatic rings. The van der Waals surface area contributed by atoms with Crippen molar-refractivity contribution >= 4 is 23.4 Å². The maximum atomic E-state index is 10.8. The van der Waals surface area contributed by atoms with Crippen LogP contribution in [0.2, 0.25) is 0 Å². The fourth-order valence-corrected chi connectivity index (χ4v) is 2.05. The highest BCUT2D eigenvalue weighted by molar-refractivity contribution is 7.99. The third-order valence-corrected chi connectivity index (χ3v) is 3.01. The number of benzene rings is 1. The molecule has 0 aliphatic heterocycles. The first-order valence-corrected chi connectivity index (χ1v) is 6.15. The van der Waals surface area contributed by atoms with Crippen molar-refractivity contribution in [1.82, 2.24) is 0 Å². The largest absolute Gasteiger partial charge is 0.326 e. The lowest BCUT2D eigenvalue weighted by molar-refractivity contribution is -0.114. The number of nitrogens with one attached hydrogen (secondary N) is 1. The molecule has 1 aromatic carbocycles. The highest BCUT2D eigenvalue weighted by Gasteiger charge is 1.96. The average Bonchev–Trinajstić information content (AvgIpc) is 2.26. The summed E-state index contributed by atoms with van der Waals surface area (Å²) in [6, 6.07) is 7.83. The van der Waals surface area contributed by atoms with Crippen LogP contribution >= 0.6 is 11.8 Å². The van der Waals surface area contributed by atoms with E-state index in [1.807, 2.05) is 24.3 Å². The van der Waals surface area contributed by atoms with Gasteiger partial charge in [0.05, 0.1) is 0 Å². The molecule has 84 valence electrons. The van der Waals surface area contributed by atoms with Gasteiger partial charge in [-0.25, -0.2) is 0 Å². The number of thioether (sulfide) groups is 1. The number of anilines is 1. The fraction of sp³-hybridized carbons (Fsp3) is 0.308. The van der Waals surface area contributed by atoms with E-state index in [-0.39, 0.29) is 5.91 Å². The van der Waals surface area contributed by atoms with Gasteiger partial charge in [-0.3, -0.25) is 4.79 Å². The molecule has 3 heteroatoms. The first kappa shape index (κ1) is 12.7. The van der Waals surface area contributed by atoms with Crippen molar-refractivity contribution in [2.24, 2.45) is 0 Å². The number of hydrogen-bond donors (Lipinski definition) is 1. The summed E-state index contributed by atoms with van der Waals surface area (Å²) in [6.07, 6.45) is 7.04. The molecule has 1 amide bonds. The summed E-state index contributed by atoms with van der Waals surface area (Å²) >= 11 is 1.78. The van der Waals surface area contributed by atoms with Gasteiger partial charge in [0.15, 0.2) is 0 Å². The quantitative estimate of drug-likeness (QED) is 0.481. The van der Waals surface area contributed by atoms with Crippen LogP contribution in [0.25, 0.3) is 0 Å². The van der Waals surface area contributed by atoms with Crippen LogP contribution in [-0.4, -0.2) is 11.7 Å². The van der Waals surface area contributed by atoms with E-state index in [2.05, 4.69) is 11.2 Å². The predicted octanol–water partition coefficient (Wildman–Crippen LogP) is 3.15. The number of carbonyl (C=O) groups is 1. The van der Waals surface area contributed by atoms with Crippen molar-refractivity contribution in [2.75, 3.05) is 11.1 Å². The van der Waals surface area contributed by atoms with Gasteiger partial charge in [0, 0.05) is 23.9 Å². The summed E-state index contributed by atoms with van der Waals surface area (Å²) in [5, 5.41) is 2.73. The predicted molar refractivity (Wildman–Crippen MR) is 69.5 cm³/mol. The minimum Gasteiger partial charge on any atom is -0.326 e. The van der Waals surface area contributed by atoms with Crippen LogP contribution in [0, 0.1) is 12.3 Å². The van der Waals surface area contributed by atoms with E-state index < -0.39 is 0 Å². The Hall–Kier alpha value is -1.40. The summed E-state index contributed by atoms with van der Waals surface area (Å²) in [5.41, 5.74) is 0.834. The van der Waals surface area contributed by atoms with E-state index in [0.29, 0.717) is 0 Å². The Labute approximate surface area is 101 Å². The molecule has 1 N–H and O–H groups in total. The number of unbranched alkanes of at least 4 members (excludes halogenated alkanes) is 1. The van der Waals surface area contributed by atoms with Gasteiger partial charge in [0.2, 0.25) is 5.91 Å². The maximum absolute atomic E-state index is 10.8. The third-order valence-electron chi connectivity index (χ3n) is 1.91. The first-order chi connectivity index (χ1) is 7.72. The standard InChI is InChI=1S/C13H15NOS/c1-3-4-5-10-16-13-8-6-12(7-9-13)14-11(2)15/h1,6-9H,4-5,10H2,2H3,(H,14,15). The van der Waals surface area contributed by atoms with Crippen LogP contribution < -0.4 is 5.32 Å². The minimum absolute atomic E-state index is 0.0468. The fourth-order valence-electron chi connectivity index (χ4n) is 1.20. The highest BCUT2D eigenvalue weighted by atomic mass is 32.2. The van der Waals surface area contributed by atoms with Crippen LogP contribution in [0.1, 0.15) is 19.8 Å². The van der Waals surface area contributed by atoms with E-state index in [0.717, 1.165) is 24.3 Å². The molecule has 0 aliphatic carbocycles. The Kier molecular flexibility index (Phi) is 5.52. The summed E-state index contributed by atoms with van der Waals surface area (Å²) in [6.45, 7) is 1.50. The molecule has 0 radical (unpaired) electrons. The van der Waals surface area contributed by atoms with Crippen molar-refractivity contribution in [3.63, 3.8) is 0 Å². The van der Waals surface area contributed by atoms with Crippen LogP contribution in [0.3, 0.4) is 0 Å². The van der Waals surface area contributed by atoms with E-state index >= 15 is 0 Å². The summed E-state index contributed by atoms with van der Waals surface area (Å²) in [7, 11) is 0. The average molecular weight is 233 g/mol.